The zero-order valence-electron chi connectivity index (χ0n) is 27.9. The Balaban J connectivity index is 1.24. The molecule has 0 saturated carbocycles. The fraction of sp³-hybridized carbons (Fsp3) is 0.214. The first kappa shape index (κ1) is 30.4. The maximum atomic E-state index is 10.5. The Hall–Kier alpha value is -4.91. The number of hydrogen-bond donors (Lipinski definition) is 2. The van der Waals surface area contributed by atoms with Crippen LogP contribution >= 0.6 is 0 Å². The van der Waals surface area contributed by atoms with Crippen molar-refractivity contribution in [2.75, 3.05) is 5.32 Å². The molecule has 48 heavy (non-hydrogen) atoms. The van der Waals surface area contributed by atoms with E-state index in [1.807, 2.05) is 32.0 Å². The van der Waals surface area contributed by atoms with Crippen LogP contribution < -0.4 is 15.5 Å². The number of aromatic nitrogens is 1. The lowest BCUT2D eigenvalue weighted by Gasteiger charge is -2.37. The Morgan fingerprint density at radius 3 is 2.35 bits per heavy atom. The smallest absolute Gasteiger partial charge is 0.309 e. The number of nitrogens with zero attached hydrogens (tertiary/aromatic N) is 1. The van der Waals surface area contributed by atoms with Crippen molar-refractivity contribution in [2.45, 2.75) is 58.0 Å². The molecule has 0 amide bonds. The fourth-order valence-corrected chi connectivity index (χ4v) is 6.59. The van der Waals surface area contributed by atoms with Gasteiger partial charge in [-0.3, -0.25) is 0 Å². The van der Waals surface area contributed by atoms with Gasteiger partial charge in [-0.05, 0) is 87.1 Å². The van der Waals surface area contributed by atoms with Crippen LogP contribution in [-0.2, 0) is 11.1 Å². The van der Waals surface area contributed by atoms with Gasteiger partial charge in [-0.1, -0.05) is 96.5 Å². The van der Waals surface area contributed by atoms with Crippen molar-refractivity contribution < 1.29 is 14.5 Å². The van der Waals surface area contributed by atoms with Crippen LogP contribution in [0.1, 0.15) is 57.0 Å². The number of nitrogens with one attached hydrogen (secondary N) is 1. The molecule has 1 aliphatic carbocycles. The third-order valence-corrected chi connectivity index (χ3v) is 10.2. The lowest BCUT2D eigenvalue weighted by Crippen LogP contribution is -2.49. The Kier molecular flexibility index (Phi) is 7.39. The molecule has 5 aromatic carbocycles. The van der Waals surface area contributed by atoms with E-state index in [0.717, 1.165) is 73.8 Å². The van der Waals surface area contributed by atoms with Gasteiger partial charge in [0.05, 0.1) is 28.1 Å². The van der Waals surface area contributed by atoms with Crippen molar-refractivity contribution in [3.05, 3.63) is 126 Å². The van der Waals surface area contributed by atoms with Gasteiger partial charge < -0.3 is 19.8 Å². The second kappa shape index (κ2) is 11.7. The van der Waals surface area contributed by atoms with E-state index >= 15 is 0 Å². The van der Waals surface area contributed by atoms with Crippen molar-refractivity contribution in [2.24, 2.45) is 0 Å². The van der Waals surface area contributed by atoms with E-state index in [1.165, 1.54) is 16.7 Å². The van der Waals surface area contributed by atoms with E-state index in [9.17, 15) is 5.11 Å². The maximum absolute atomic E-state index is 10.5. The minimum absolute atomic E-state index is 0.270. The molecule has 2 aliphatic rings. The summed E-state index contributed by atoms with van der Waals surface area (Å²) in [6, 6.07) is 36.3. The van der Waals surface area contributed by atoms with Crippen LogP contribution in [0, 0.1) is 0 Å². The fourth-order valence-electron chi connectivity index (χ4n) is 6.59. The second-order valence-electron chi connectivity index (χ2n) is 14.0. The van der Waals surface area contributed by atoms with Gasteiger partial charge in [0.25, 0.3) is 0 Å². The van der Waals surface area contributed by atoms with Gasteiger partial charge >= 0.3 is 7.48 Å². The highest BCUT2D eigenvalue weighted by molar-refractivity contribution is 6.47. The molecule has 1 aromatic heterocycles. The Morgan fingerprint density at radius 2 is 1.56 bits per heavy atom. The van der Waals surface area contributed by atoms with Gasteiger partial charge in [0, 0.05) is 27.3 Å². The van der Waals surface area contributed by atoms with Gasteiger partial charge in [-0.2, -0.15) is 0 Å². The quantitative estimate of drug-likeness (QED) is 0.137. The van der Waals surface area contributed by atoms with E-state index in [4.69, 9.17) is 14.4 Å². The number of fused-ring (bicyclic) bond motifs is 6. The Labute approximate surface area is 282 Å². The van der Waals surface area contributed by atoms with Crippen LogP contribution in [0.3, 0.4) is 0 Å². The zero-order valence-corrected chi connectivity index (χ0v) is 27.9. The number of anilines is 1. The highest BCUT2D eigenvalue weighted by Gasteiger charge is 2.35. The maximum Gasteiger partial charge on any atom is 0.309 e. The first-order chi connectivity index (χ1) is 23.1. The monoisotopic (exact) mass is 630 g/mol. The molecule has 2 heterocycles. The summed E-state index contributed by atoms with van der Waals surface area (Å²) >= 11 is 0. The second-order valence-corrected chi connectivity index (χ2v) is 14.0. The third kappa shape index (κ3) is 5.45. The number of aryl methyl sites for hydroxylation is 1. The van der Waals surface area contributed by atoms with Crippen LogP contribution in [0.15, 0.2) is 109 Å². The minimum Gasteiger partial charge on any atom is -0.464 e. The molecule has 6 heteroatoms. The van der Waals surface area contributed by atoms with Crippen LogP contribution in [0.5, 0.6) is 5.75 Å². The molecule has 0 radical (unpaired) electrons. The number of pyridine rings is 1. The average molecular weight is 631 g/mol. The molecule has 6 aromatic rings. The molecular formula is C42H39BN2O3. The predicted molar refractivity (Wildman–Crippen MR) is 199 cm³/mol. The number of allylic oxidation sites excluding steroid dienone is 1. The topological polar surface area (TPSA) is 63.6 Å². The van der Waals surface area contributed by atoms with Crippen LogP contribution in [0.2, 0.25) is 0 Å². The molecule has 0 spiro atoms. The highest BCUT2D eigenvalue weighted by Crippen LogP contribution is 2.47. The van der Waals surface area contributed by atoms with Gasteiger partial charge in [0.1, 0.15) is 5.75 Å². The molecule has 1 aliphatic heterocycles. The molecule has 0 fully saturated rings. The van der Waals surface area contributed by atoms with E-state index < -0.39 is 11.2 Å². The van der Waals surface area contributed by atoms with E-state index in [2.05, 4.69) is 102 Å². The number of rotatable bonds is 7. The molecule has 0 saturated heterocycles. The lowest BCUT2D eigenvalue weighted by molar-refractivity contribution is -0.0893. The van der Waals surface area contributed by atoms with Gasteiger partial charge in [0.15, 0.2) is 6.23 Å². The van der Waals surface area contributed by atoms with Crippen molar-refractivity contribution in [1.29, 1.82) is 0 Å². The SMILES string of the molecule is CC(C)(O)C(C)(C)OBc1ccc(-c2nc3cc(-c4ccc5c(c4)C=CCC5)ccc3c3c4c(ccc23)OC(c2ccccc2)N4)cc1. The summed E-state index contributed by atoms with van der Waals surface area (Å²) in [5, 5.41) is 17.5. The normalized spacial score (nSPS) is 15.6. The summed E-state index contributed by atoms with van der Waals surface area (Å²) in [7, 11) is 0.401. The summed E-state index contributed by atoms with van der Waals surface area (Å²) < 4.78 is 12.6. The largest absolute Gasteiger partial charge is 0.464 e. The standard InChI is InChI=1S/C42H39BN2O3/c1-41(2,46)42(3,4)48-43-32-19-16-27(17-20-32)38-34-22-23-36-39(45-40(47-36)28-11-6-5-7-12-28)37(34)33-21-18-31(25-35(33)44-38)30-15-14-26-10-8-9-13-29(26)24-30/h5-7,9,11-25,40,43,45-46H,8,10H2,1-4H3. The van der Waals surface area contributed by atoms with E-state index in [0.29, 0.717) is 7.48 Å². The predicted octanol–water partition coefficient (Wildman–Crippen LogP) is 8.73. The van der Waals surface area contributed by atoms with Gasteiger partial charge in [0.2, 0.25) is 0 Å². The van der Waals surface area contributed by atoms with Crippen LogP contribution in [0.4, 0.5) is 5.69 Å². The first-order valence-electron chi connectivity index (χ1n) is 16.8. The summed E-state index contributed by atoms with van der Waals surface area (Å²) in [6.45, 7) is 7.39. The third-order valence-electron chi connectivity index (χ3n) is 10.2. The summed E-state index contributed by atoms with van der Waals surface area (Å²) in [6.07, 6.45) is 6.42. The molecule has 1 unspecified atom stereocenters. The van der Waals surface area contributed by atoms with Crippen LogP contribution in [0.25, 0.3) is 50.1 Å². The number of ether oxygens (including phenoxy) is 1. The number of benzene rings is 5. The van der Waals surface area contributed by atoms with Gasteiger partial charge in [-0.25, -0.2) is 4.98 Å². The molecule has 0 bridgehead atoms. The summed E-state index contributed by atoms with van der Waals surface area (Å²) in [4.78, 5) is 5.35. The van der Waals surface area contributed by atoms with Crippen molar-refractivity contribution >= 4 is 46.4 Å². The molecule has 1 atom stereocenters. The van der Waals surface area contributed by atoms with Crippen molar-refractivity contribution in [3.63, 3.8) is 0 Å². The average Bonchev–Trinajstić information content (AvgIpc) is 3.55. The van der Waals surface area contributed by atoms with Gasteiger partial charge in [-0.15, -0.1) is 0 Å². The summed E-state index contributed by atoms with van der Waals surface area (Å²) in [5.74, 6) is 0.835. The molecule has 5 nitrogen and oxygen atoms in total. The zero-order chi connectivity index (χ0) is 33.0. The Morgan fingerprint density at radius 1 is 0.833 bits per heavy atom. The van der Waals surface area contributed by atoms with Crippen molar-refractivity contribution in [1.82, 2.24) is 4.98 Å². The van der Waals surface area contributed by atoms with Crippen LogP contribution in [-0.4, -0.2) is 28.8 Å². The van der Waals surface area contributed by atoms with E-state index in [1.54, 1.807) is 13.8 Å². The first-order valence-corrected chi connectivity index (χ1v) is 16.8. The molecule has 238 valence electrons. The summed E-state index contributed by atoms with van der Waals surface area (Å²) in [5.41, 5.74) is 9.34. The molecule has 8 rings (SSSR count). The molecular weight excluding hydrogens is 591 g/mol. The highest BCUT2D eigenvalue weighted by atomic mass is 16.5. The Bertz CT molecular complexity index is 2200. The number of hydrogen-bond acceptors (Lipinski definition) is 5. The number of aliphatic hydroxyl groups is 1. The molecule has 2 N–H and O–H groups in total. The van der Waals surface area contributed by atoms with E-state index in [-0.39, 0.29) is 6.23 Å². The van der Waals surface area contributed by atoms with Crippen molar-refractivity contribution in [3.8, 4) is 28.1 Å². The lowest BCUT2D eigenvalue weighted by atomic mass is 9.82. The minimum atomic E-state index is -0.965.